The Bertz CT molecular complexity index is 774. The molecule has 0 spiro atoms. The number of anilines is 1. The van der Waals surface area contributed by atoms with E-state index in [9.17, 15) is 0 Å². The third-order valence-electron chi connectivity index (χ3n) is 4.06. The second-order valence-electron chi connectivity index (χ2n) is 5.37. The number of aromatic nitrogens is 2. The van der Waals surface area contributed by atoms with Gasteiger partial charge >= 0.3 is 0 Å². The summed E-state index contributed by atoms with van der Waals surface area (Å²) in [6.45, 7) is 0. The molecule has 3 aromatic rings. The number of hydrogen-bond acceptors (Lipinski definition) is 4. The Morgan fingerprint density at radius 3 is 2.55 bits per heavy atom. The van der Waals surface area contributed by atoms with Crippen molar-refractivity contribution in [1.29, 1.82) is 0 Å². The van der Waals surface area contributed by atoms with Crippen molar-refractivity contribution in [2.75, 3.05) is 5.73 Å². The van der Waals surface area contributed by atoms with Gasteiger partial charge in [0.25, 0.3) is 5.89 Å². The minimum atomic E-state index is 0.467. The number of hydrogen-bond donors (Lipinski definition) is 1. The van der Waals surface area contributed by atoms with Gasteiger partial charge in [0.15, 0.2) is 5.82 Å². The zero-order valence-electron chi connectivity index (χ0n) is 11.0. The number of nitrogen functional groups attached to an aromatic ring is 1. The molecule has 1 heterocycles. The molecular weight excluding hydrogens is 250 g/mol. The summed E-state index contributed by atoms with van der Waals surface area (Å²) in [6, 6.07) is 12.1. The van der Waals surface area contributed by atoms with E-state index in [0.29, 0.717) is 17.5 Å². The zero-order valence-corrected chi connectivity index (χ0v) is 11.0. The lowest BCUT2D eigenvalue weighted by molar-refractivity contribution is 0.366. The lowest BCUT2D eigenvalue weighted by atomic mass is 9.85. The normalized spacial score (nSPS) is 15.4. The molecule has 2 aromatic carbocycles. The Hall–Kier alpha value is -2.36. The predicted molar refractivity (Wildman–Crippen MR) is 78.2 cm³/mol. The molecule has 0 saturated heterocycles. The summed E-state index contributed by atoms with van der Waals surface area (Å²) < 4.78 is 5.40. The summed E-state index contributed by atoms with van der Waals surface area (Å²) in [7, 11) is 0. The average Bonchev–Trinajstić information content (AvgIpc) is 2.85. The molecule has 100 valence electrons. The smallest absolute Gasteiger partial charge is 0.260 e. The predicted octanol–water partition coefficient (Wildman–Crippen LogP) is 3.74. The first-order valence-electron chi connectivity index (χ1n) is 6.93. The van der Waals surface area contributed by atoms with Gasteiger partial charge in [0, 0.05) is 11.6 Å². The maximum atomic E-state index is 6.12. The summed E-state index contributed by atoms with van der Waals surface area (Å²) >= 11 is 0. The highest BCUT2D eigenvalue weighted by Crippen LogP contribution is 2.36. The minimum Gasteiger partial charge on any atom is -0.398 e. The van der Waals surface area contributed by atoms with Gasteiger partial charge in [0.1, 0.15) is 0 Å². The van der Waals surface area contributed by atoms with E-state index in [2.05, 4.69) is 16.2 Å². The van der Waals surface area contributed by atoms with Crippen molar-refractivity contribution < 1.29 is 4.52 Å². The van der Waals surface area contributed by atoms with Crippen molar-refractivity contribution in [1.82, 2.24) is 10.1 Å². The second kappa shape index (κ2) is 4.34. The molecule has 0 unspecified atom stereocenters. The third-order valence-corrected chi connectivity index (χ3v) is 4.06. The minimum absolute atomic E-state index is 0.467. The highest BCUT2D eigenvalue weighted by molar-refractivity contribution is 5.92. The largest absolute Gasteiger partial charge is 0.398 e. The molecule has 1 saturated carbocycles. The molecule has 0 atom stereocenters. The van der Waals surface area contributed by atoms with Gasteiger partial charge in [-0.05, 0) is 35.7 Å². The highest BCUT2D eigenvalue weighted by atomic mass is 16.5. The van der Waals surface area contributed by atoms with Gasteiger partial charge in [-0.1, -0.05) is 35.8 Å². The summed E-state index contributed by atoms with van der Waals surface area (Å²) in [5.41, 5.74) is 7.62. The van der Waals surface area contributed by atoms with E-state index >= 15 is 0 Å². The van der Waals surface area contributed by atoms with Gasteiger partial charge in [0.2, 0.25) is 0 Å². The van der Waals surface area contributed by atoms with Gasteiger partial charge in [-0.3, -0.25) is 0 Å². The quantitative estimate of drug-likeness (QED) is 0.717. The first-order chi connectivity index (χ1) is 9.81. The summed E-state index contributed by atoms with van der Waals surface area (Å²) in [5.74, 6) is 1.81. The fourth-order valence-corrected chi connectivity index (χ4v) is 2.62. The van der Waals surface area contributed by atoms with Gasteiger partial charge in [-0.15, -0.1) is 0 Å². The first kappa shape index (κ1) is 11.5. The summed E-state index contributed by atoms with van der Waals surface area (Å²) in [4.78, 5) is 4.51. The van der Waals surface area contributed by atoms with Crippen LogP contribution in [0.15, 0.2) is 40.9 Å². The van der Waals surface area contributed by atoms with E-state index in [4.69, 9.17) is 10.3 Å². The topological polar surface area (TPSA) is 64.9 Å². The van der Waals surface area contributed by atoms with Crippen LogP contribution >= 0.6 is 0 Å². The molecule has 0 bridgehead atoms. The molecule has 20 heavy (non-hydrogen) atoms. The van der Waals surface area contributed by atoms with Gasteiger partial charge in [-0.2, -0.15) is 4.98 Å². The van der Waals surface area contributed by atoms with Crippen LogP contribution in [0, 0.1) is 0 Å². The van der Waals surface area contributed by atoms with Crippen LogP contribution in [0.25, 0.3) is 22.2 Å². The molecular formula is C16H15N3O. The third kappa shape index (κ3) is 1.76. The number of nitrogens with zero attached hydrogens (tertiary/aromatic N) is 2. The van der Waals surface area contributed by atoms with Crippen LogP contribution in [0.2, 0.25) is 0 Å². The second-order valence-corrected chi connectivity index (χ2v) is 5.37. The van der Waals surface area contributed by atoms with E-state index in [1.54, 1.807) is 0 Å². The van der Waals surface area contributed by atoms with Crippen LogP contribution in [-0.4, -0.2) is 10.1 Å². The molecule has 2 N–H and O–H groups in total. The van der Waals surface area contributed by atoms with E-state index in [-0.39, 0.29) is 0 Å². The lowest BCUT2D eigenvalue weighted by Crippen LogP contribution is -2.10. The van der Waals surface area contributed by atoms with Crippen molar-refractivity contribution in [3.63, 3.8) is 0 Å². The maximum absolute atomic E-state index is 6.12. The van der Waals surface area contributed by atoms with Crippen LogP contribution in [0.4, 0.5) is 5.69 Å². The number of rotatable bonds is 2. The van der Waals surface area contributed by atoms with E-state index in [1.807, 2.05) is 30.3 Å². The van der Waals surface area contributed by atoms with Crippen molar-refractivity contribution in [2.45, 2.75) is 25.2 Å². The molecule has 1 aliphatic carbocycles. The maximum Gasteiger partial charge on any atom is 0.260 e. The molecule has 0 amide bonds. The zero-order chi connectivity index (χ0) is 13.5. The van der Waals surface area contributed by atoms with Gasteiger partial charge in [0.05, 0.1) is 5.56 Å². The van der Waals surface area contributed by atoms with Crippen LogP contribution in [0.3, 0.4) is 0 Å². The SMILES string of the molecule is Nc1cc2ccccc2cc1-c1nc(C2CCC2)no1. The van der Waals surface area contributed by atoms with Crippen LogP contribution in [0.5, 0.6) is 0 Å². The molecule has 4 nitrogen and oxygen atoms in total. The summed E-state index contributed by atoms with van der Waals surface area (Å²) in [5, 5.41) is 6.34. The molecule has 1 aliphatic rings. The monoisotopic (exact) mass is 265 g/mol. The van der Waals surface area contributed by atoms with E-state index < -0.39 is 0 Å². The lowest BCUT2D eigenvalue weighted by Gasteiger charge is -2.20. The standard InChI is InChI=1S/C16H15N3O/c17-14-9-12-5-2-1-4-11(12)8-13(14)16-18-15(19-20-16)10-6-3-7-10/h1-2,4-5,8-10H,3,6-7,17H2. The number of fused-ring (bicyclic) bond motifs is 1. The van der Waals surface area contributed by atoms with E-state index in [0.717, 1.165) is 35.0 Å². The van der Waals surface area contributed by atoms with Crippen molar-refractivity contribution in [3.8, 4) is 11.5 Å². The Labute approximate surface area is 116 Å². The molecule has 4 rings (SSSR count). The van der Waals surface area contributed by atoms with Gasteiger partial charge < -0.3 is 10.3 Å². The molecule has 1 fully saturated rings. The Kier molecular flexibility index (Phi) is 2.49. The molecule has 4 heteroatoms. The van der Waals surface area contributed by atoms with E-state index in [1.165, 1.54) is 6.42 Å². The Balaban J connectivity index is 1.80. The van der Waals surface area contributed by atoms with Crippen LogP contribution in [-0.2, 0) is 0 Å². The highest BCUT2D eigenvalue weighted by Gasteiger charge is 2.25. The van der Waals surface area contributed by atoms with Crippen molar-refractivity contribution >= 4 is 16.5 Å². The number of nitrogens with two attached hydrogens (primary N) is 1. The Morgan fingerprint density at radius 2 is 1.85 bits per heavy atom. The first-order valence-corrected chi connectivity index (χ1v) is 6.93. The molecule has 0 radical (unpaired) electrons. The average molecular weight is 265 g/mol. The fraction of sp³-hybridized carbons (Fsp3) is 0.250. The Morgan fingerprint density at radius 1 is 1.10 bits per heavy atom. The molecule has 1 aromatic heterocycles. The van der Waals surface area contributed by atoms with Crippen molar-refractivity contribution in [2.24, 2.45) is 0 Å². The van der Waals surface area contributed by atoms with Crippen LogP contribution < -0.4 is 5.73 Å². The number of benzene rings is 2. The van der Waals surface area contributed by atoms with Crippen molar-refractivity contribution in [3.05, 3.63) is 42.2 Å². The summed E-state index contributed by atoms with van der Waals surface area (Å²) in [6.07, 6.45) is 3.57. The molecule has 0 aliphatic heterocycles. The van der Waals surface area contributed by atoms with Gasteiger partial charge in [-0.25, -0.2) is 0 Å². The van der Waals surface area contributed by atoms with Crippen LogP contribution in [0.1, 0.15) is 31.0 Å². The fourth-order valence-electron chi connectivity index (χ4n) is 2.62.